The van der Waals surface area contributed by atoms with E-state index in [1.54, 1.807) is 0 Å². The van der Waals surface area contributed by atoms with Gasteiger partial charge in [-0.1, -0.05) is 74.5 Å². The molecule has 3 aromatic rings. The van der Waals surface area contributed by atoms with E-state index in [4.69, 9.17) is 19.7 Å². The van der Waals surface area contributed by atoms with Gasteiger partial charge in [0.25, 0.3) is 0 Å². The molecule has 32 heavy (non-hydrogen) atoms. The lowest BCUT2D eigenvalue weighted by Gasteiger charge is -2.18. The fraction of sp³-hybridized carbons (Fsp3) is 0.357. The summed E-state index contributed by atoms with van der Waals surface area (Å²) in [4.78, 5) is 0. The van der Waals surface area contributed by atoms with Gasteiger partial charge >= 0.3 is 0 Å². The normalized spacial score (nSPS) is 12.9. The molecule has 0 radical (unpaired) electrons. The van der Waals surface area contributed by atoms with Crippen LogP contribution in [0.1, 0.15) is 47.9 Å². The lowest BCUT2D eigenvalue weighted by atomic mass is 9.90. The Hall–Kier alpha value is -2.82. The van der Waals surface area contributed by atoms with Crippen molar-refractivity contribution >= 4 is 0 Å². The van der Waals surface area contributed by atoms with Crippen molar-refractivity contribution < 1.29 is 19.7 Å². The molecule has 0 aliphatic heterocycles. The predicted octanol–water partition coefficient (Wildman–Crippen LogP) is 5.12. The van der Waals surface area contributed by atoms with Gasteiger partial charge in [0, 0.05) is 0 Å². The Labute approximate surface area is 191 Å². The number of benzene rings is 3. The molecule has 4 heteroatoms. The second kappa shape index (κ2) is 12.3. The first kappa shape index (κ1) is 23.8. The highest BCUT2D eigenvalue weighted by molar-refractivity contribution is 5.39. The second-order valence-corrected chi connectivity index (χ2v) is 8.25. The largest absolute Gasteiger partial charge is 0.491 e. The molecule has 2 atom stereocenters. The van der Waals surface area contributed by atoms with E-state index in [0.717, 1.165) is 35.5 Å². The molecule has 2 N–H and O–H groups in total. The number of rotatable bonds is 12. The Balaban J connectivity index is 1.63. The number of hydrogen-bond acceptors (Lipinski definition) is 4. The summed E-state index contributed by atoms with van der Waals surface area (Å²) < 4.78 is 11.4. The maximum Gasteiger partial charge on any atom is 0.122 e. The van der Waals surface area contributed by atoms with Crippen molar-refractivity contribution in [1.82, 2.24) is 0 Å². The second-order valence-electron chi connectivity index (χ2n) is 8.25. The number of aliphatic hydroxyl groups excluding tert-OH is 2. The van der Waals surface area contributed by atoms with Gasteiger partial charge in [0.2, 0.25) is 0 Å². The van der Waals surface area contributed by atoms with Gasteiger partial charge in [0.1, 0.15) is 24.7 Å². The smallest absolute Gasteiger partial charge is 0.122 e. The fourth-order valence-corrected chi connectivity index (χ4v) is 4.09. The third kappa shape index (κ3) is 6.59. The molecule has 0 fully saturated rings. The zero-order chi connectivity index (χ0) is 22.8. The maximum atomic E-state index is 9.06. The van der Waals surface area contributed by atoms with Gasteiger partial charge in [-0.3, -0.25) is 0 Å². The van der Waals surface area contributed by atoms with Crippen LogP contribution in [0.4, 0.5) is 0 Å². The van der Waals surface area contributed by atoms with Gasteiger partial charge in [-0.2, -0.15) is 0 Å². The summed E-state index contributed by atoms with van der Waals surface area (Å²) in [6, 6.07) is 25.0. The van der Waals surface area contributed by atoms with E-state index < -0.39 is 0 Å². The Bertz CT molecular complexity index is 873. The van der Waals surface area contributed by atoms with Crippen LogP contribution in [0.25, 0.3) is 0 Å². The zero-order valence-corrected chi connectivity index (χ0v) is 19.0. The van der Waals surface area contributed by atoms with E-state index in [-0.39, 0.29) is 13.2 Å². The summed E-state index contributed by atoms with van der Waals surface area (Å²) in [6.45, 7) is 5.07. The quantitative estimate of drug-likeness (QED) is 0.415. The summed E-state index contributed by atoms with van der Waals surface area (Å²) in [6.07, 6.45) is 1.85. The summed E-state index contributed by atoms with van der Waals surface area (Å²) in [5.41, 5.74) is 4.91. The van der Waals surface area contributed by atoms with Crippen molar-refractivity contribution in [1.29, 1.82) is 0 Å². The number of hydrogen-bond donors (Lipinski definition) is 2. The van der Waals surface area contributed by atoms with Crippen molar-refractivity contribution in [3.63, 3.8) is 0 Å². The van der Waals surface area contributed by atoms with Crippen LogP contribution in [0.5, 0.6) is 11.5 Å². The van der Waals surface area contributed by atoms with E-state index in [1.165, 1.54) is 11.1 Å². The predicted molar refractivity (Wildman–Crippen MR) is 129 cm³/mol. The van der Waals surface area contributed by atoms with Crippen molar-refractivity contribution in [3.05, 3.63) is 95.1 Å². The molecule has 0 heterocycles. The first-order valence-electron chi connectivity index (χ1n) is 11.3. The van der Waals surface area contributed by atoms with Crippen LogP contribution in [0.2, 0.25) is 0 Å². The minimum atomic E-state index is 0.0145. The molecule has 170 valence electrons. The minimum Gasteiger partial charge on any atom is -0.491 e. The first-order valence-corrected chi connectivity index (χ1v) is 11.3. The summed E-state index contributed by atoms with van der Waals surface area (Å²) in [5, 5.41) is 18.1. The third-order valence-corrected chi connectivity index (χ3v) is 5.70. The molecule has 0 aliphatic carbocycles. The van der Waals surface area contributed by atoms with E-state index in [0.29, 0.717) is 25.0 Å². The molecule has 0 amide bonds. The van der Waals surface area contributed by atoms with E-state index >= 15 is 0 Å². The van der Waals surface area contributed by atoms with Gasteiger partial charge in [-0.25, -0.2) is 0 Å². The van der Waals surface area contributed by atoms with Gasteiger partial charge < -0.3 is 19.7 Å². The minimum absolute atomic E-state index is 0.0145. The van der Waals surface area contributed by atoms with Crippen LogP contribution in [0, 0.1) is 0 Å². The summed E-state index contributed by atoms with van der Waals surface area (Å²) in [5.74, 6) is 2.32. The van der Waals surface area contributed by atoms with E-state index in [1.807, 2.05) is 36.4 Å². The van der Waals surface area contributed by atoms with Crippen LogP contribution < -0.4 is 9.47 Å². The molecule has 0 spiro atoms. The Kier molecular flexibility index (Phi) is 9.14. The Morgan fingerprint density at radius 3 is 1.34 bits per heavy atom. The molecular formula is C28H34O4. The van der Waals surface area contributed by atoms with Crippen LogP contribution >= 0.6 is 0 Å². The van der Waals surface area contributed by atoms with E-state index in [9.17, 15) is 0 Å². The van der Waals surface area contributed by atoms with E-state index in [2.05, 4.69) is 50.2 Å². The average molecular weight is 435 g/mol. The Morgan fingerprint density at radius 1 is 0.594 bits per heavy atom. The molecule has 0 saturated carbocycles. The molecular weight excluding hydrogens is 400 g/mol. The zero-order valence-electron chi connectivity index (χ0n) is 19.0. The number of aliphatic hydroxyl groups is 2. The highest BCUT2D eigenvalue weighted by Crippen LogP contribution is 2.31. The molecule has 3 aromatic carbocycles. The van der Waals surface area contributed by atoms with Gasteiger partial charge in [-0.15, -0.1) is 0 Å². The fourth-order valence-electron chi connectivity index (χ4n) is 4.09. The molecule has 0 bridgehead atoms. The lowest BCUT2D eigenvalue weighted by Crippen LogP contribution is -2.07. The summed E-state index contributed by atoms with van der Waals surface area (Å²) >= 11 is 0. The monoisotopic (exact) mass is 434 g/mol. The molecule has 0 saturated heterocycles. The highest BCUT2D eigenvalue weighted by atomic mass is 16.5. The van der Waals surface area contributed by atoms with Gasteiger partial charge in [0.15, 0.2) is 0 Å². The van der Waals surface area contributed by atoms with Crippen molar-refractivity contribution in [2.24, 2.45) is 0 Å². The topological polar surface area (TPSA) is 58.9 Å². The SMILES string of the molecule is CC(Cc1ccc(CC(C)c2ccccc2OCCO)cc1)c1ccccc1OCCO. The van der Waals surface area contributed by atoms with Crippen LogP contribution in [-0.2, 0) is 12.8 Å². The van der Waals surface area contributed by atoms with Crippen molar-refractivity contribution in [3.8, 4) is 11.5 Å². The van der Waals surface area contributed by atoms with Gasteiger partial charge in [-0.05, 0) is 59.1 Å². The first-order chi connectivity index (χ1) is 15.6. The van der Waals surface area contributed by atoms with Crippen LogP contribution in [0.15, 0.2) is 72.8 Å². The number of para-hydroxylation sites is 2. The highest BCUT2D eigenvalue weighted by Gasteiger charge is 2.14. The molecule has 0 aliphatic rings. The third-order valence-electron chi connectivity index (χ3n) is 5.70. The lowest BCUT2D eigenvalue weighted by molar-refractivity contribution is 0.200. The molecule has 2 unspecified atom stereocenters. The maximum absolute atomic E-state index is 9.06. The van der Waals surface area contributed by atoms with Crippen LogP contribution in [0.3, 0.4) is 0 Å². The van der Waals surface area contributed by atoms with Crippen molar-refractivity contribution in [2.75, 3.05) is 26.4 Å². The summed E-state index contributed by atoms with van der Waals surface area (Å²) in [7, 11) is 0. The number of ether oxygens (including phenoxy) is 2. The van der Waals surface area contributed by atoms with Crippen LogP contribution in [-0.4, -0.2) is 36.6 Å². The Morgan fingerprint density at radius 2 is 0.969 bits per heavy atom. The van der Waals surface area contributed by atoms with Crippen molar-refractivity contribution in [2.45, 2.75) is 38.5 Å². The molecule has 4 nitrogen and oxygen atoms in total. The standard InChI is InChI=1S/C28H34O4/c1-21(25-7-3-5-9-27(25)31-17-15-29)19-23-11-13-24(14-12-23)20-22(2)26-8-4-6-10-28(26)32-18-16-30/h3-14,21-22,29-30H,15-20H2,1-2H3. The van der Waals surface area contributed by atoms with Gasteiger partial charge in [0.05, 0.1) is 13.2 Å². The molecule has 3 rings (SSSR count). The molecule has 0 aromatic heterocycles. The average Bonchev–Trinajstić information content (AvgIpc) is 2.83.